The van der Waals surface area contributed by atoms with E-state index in [1.807, 2.05) is 24.3 Å². The molecule has 1 atom stereocenters. The molecule has 3 rings (SSSR count). The van der Waals surface area contributed by atoms with E-state index < -0.39 is 11.6 Å². The molecule has 1 heterocycles. The minimum Gasteiger partial charge on any atom is -0.488 e. The highest BCUT2D eigenvalue weighted by Crippen LogP contribution is 2.42. The van der Waals surface area contributed by atoms with Crippen LogP contribution in [0.3, 0.4) is 0 Å². The first-order valence-electron chi connectivity index (χ1n) is 8.08. The topological polar surface area (TPSA) is 88.0 Å². The van der Waals surface area contributed by atoms with E-state index in [1.165, 1.54) is 7.11 Å². The van der Waals surface area contributed by atoms with Crippen molar-refractivity contribution in [1.82, 2.24) is 5.32 Å². The Labute approximate surface area is 146 Å². The lowest BCUT2D eigenvalue weighted by Gasteiger charge is -2.30. The van der Waals surface area contributed by atoms with Crippen LogP contribution in [0.5, 0.6) is 5.75 Å². The maximum Gasteiger partial charge on any atom is 0.341 e. The number of fused-ring (bicyclic) bond motifs is 2. The third-order valence-electron chi connectivity index (χ3n) is 4.37. The number of hydrogen-bond acceptors (Lipinski definition) is 6. The van der Waals surface area contributed by atoms with Gasteiger partial charge in [0.2, 0.25) is 0 Å². The molecule has 132 valence electrons. The Morgan fingerprint density at radius 2 is 2.00 bits per heavy atom. The van der Waals surface area contributed by atoms with E-state index in [1.54, 1.807) is 18.2 Å². The molecule has 2 aromatic rings. The summed E-state index contributed by atoms with van der Waals surface area (Å²) in [5.74, 6) is -0.202. The molecule has 6 heteroatoms. The van der Waals surface area contributed by atoms with E-state index in [4.69, 9.17) is 14.6 Å². The van der Waals surface area contributed by atoms with Gasteiger partial charge in [0.1, 0.15) is 23.5 Å². The van der Waals surface area contributed by atoms with E-state index >= 15 is 0 Å². The number of aliphatic hydroxyl groups excluding tert-OH is 1. The number of esters is 1. The van der Waals surface area contributed by atoms with Crippen LogP contribution in [0.25, 0.3) is 0 Å². The van der Waals surface area contributed by atoms with Crippen molar-refractivity contribution in [2.45, 2.75) is 12.2 Å². The van der Waals surface area contributed by atoms with Crippen molar-refractivity contribution < 1.29 is 24.5 Å². The van der Waals surface area contributed by atoms with Crippen LogP contribution in [0.1, 0.15) is 27.0 Å². The molecule has 0 fully saturated rings. The van der Waals surface area contributed by atoms with E-state index in [2.05, 4.69) is 5.32 Å². The van der Waals surface area contributed by atoms with Crippen molar-refractivity contribution in [2.24, 2.45) is 0 Å². The SMILES string of the molecule is COC(=O)c1cccc2c1OCc1ccccc1C2(O)CNCCO. The zero-order chi connectivity index (χ0) is 17.9. The lowest BCUT2D eigenvalue weighted by Crippen LogP contribution is -2.40. The molecule has 0 bridgehead atoms. The van der Waals surface area contributed by atoms with Gasteiger partial charge in [-0.15, -0.1) is 0 Å². The maximum atomic E-state index is 12.1. The quantitative estimate of drug-likeness (QED) is 0.558. The Bertz CT molecular complexity index is 776. The summed E-state index contributed by atoms with van der Waals surface area (Å²) in [6.07, 6.45) is 0. The van der Waals surface area contributed by atoms with Crippen LogP contribution in [0.4, 0.5) is 0 Å². The molecular weight excluding hydrogens is 322 g/mol. The van der Waals surface area contributed by atoms with Crippen LogP contribution in [0, 0.1) is 0 Å². The molecule has 1 aliphatic rings. The van der Waals surface area contributed by atoms with Crippen LogP contribution in [-0.2, 0) is 16.9 Å². The minimum atomic E-state index is -1.40. The Balaban J connectivity index is 2.17. The van der Waals surface area contributed by atoms with E-state index in [9.17, 15) is 9.90 Å². The zero-order valence-corrected chi connectivity index (χ0v) is 14.0. The normalized spacial score (nSPS) is 18.5. The van der Waals surface area contributed by atoms with Crippen molar-refractivity contribution in [3.63, 3.8) is 0 Å². The second kappa shape index (κ2) is 7.23. The molecule has 0 saturated heterocycles. The Morgan fingerprint density at radius 3 is 2.76 bits per heavy atom. The largest absolute Gasteiger partial charge is 0.488 e. The van der Waals surface area contributed by atoms with E-state index in [-0.39, 0.29) is 25.3 Å². The summed E-state index contributed by atoms with van der Waals surface area (Å²) in [6, 6.07) is 12.5. The van der Waals surface area contributed by atoms with E-state index in [0.717, 1.165) is 5.56 Å². The fourth-order valence-corrected chi connectivity index (χ4v) is 3.17. The minimum absolute atomic E-state index is 0.0384. The summed E-state index contributed by atoms with van der Waals surface area (Å²) in [5.41, 5.74) is 0.907. The number of methoxy groups -OCH3 is 1. The number of para-hydroxylation sites is 1. The number of aliphatic hydroxyl groups is 2. The molecule has 25 heavy (non-hydrogen) atoms. The first-order chi connectivity index (χ1) is 12.1. The summed E-state index contributed by atoms with van der Waals surface area (Å²) in [7, 11) is 1.31. The van der Waals surface area contributed by atoms with Gasteiger partial charge in [0.05, 0.1) is 13.7 Å². The van der Waals surface area contributed by atoms with Gasteiger partial charge in [0.15, 0.2) is 0 Å². The first-order valence-corrected chi connectivity index (χ1v) is 8.08. The fraction of sp³-hybridized carbons (Fsp3) is 0.316. The molecule has 0 radical (unpaired) electrons. The van der Waals surface area contributed by atoms with Gasteiger partial charge in [0.25, 0.3) is 0 Å². The monoisotopic (exact) mass is 343 g/mol. The Kier molecular flexibility index (Phi) is 5.03. The van der Waals surface area contributed by atoms with Gasteiger partial charge in [-0.3, -0.25) is 0 Å². The molecule has 6 nitrogen and oxygen atoms in total. The Morgan fingerprint density at radius 1 is 1.24 bits per heavy atom. The number of nitrogens with one attached hydrogen (secondary N) is 1. The molecule has 3 N–H and O–H groups in total. The number of benzene rings is 2. The summed E-state index contributed by atoms with van der Waals surface area (Å²) >= 11 is 0. The van der Waals surface area contributed by atoms with Gasteiger partial charge in [-0.05, 0) is 17.2 Å². The summed E-state index contributed by atoms with van der Waals surface area (Å²) in [4.78, 5) is 12.1. The molecular formula is C19H21NO5. The summed E-state index contributed by atoms with van der Waals surface area (Å²) in [5, 5.41) is 23.7. The van der Waals surface area contributed by atoms with Gasteiger partial charge >= 0.3 is 5.97 Å². The van der Waals surface area contributed by atoms with Crippen molar-refractivity contribution in [3.8, 4) is 5.75 Å². The molecule has 0 spiro atoms. The van der Waals surface area contributed by atoms with Gasteiger partial charge in [-0.2, -0.15) is 0 Å². The average molecular weight is 343 g/mol. The van der Waals surface area contributed by atoms with Gasteiger partial charge in [-0.1, -0.05) is 36.4 Å². The number of hydrogen-bond donors (Lipinski definition) is 3. The smallest absolute Gasteiger partial charge is 0.341 e. The van der Waals surface area contributed by atoms with Crippen LogP contribution >= 0.6 is 0 Å². The highest BCUT2D eigenvalue weighted by Gasteiger charge is 2.39. The van der Waals surface area contributed by atoms with Crippen LogP contribution in [0.2, 0.25) is 0 Å². The standard InChI is InChI=1S/C19H21NO5/c1-24-18(22)14-6-4-8-16-17(14)25-11-13-5-2-3-7-15(13)19(16,23)12-20-9-10-21/h2-8,20-21,23H,9-12H2,1H3. The summed E-state index contributed by atoms with van der Waals surface area (Å²) in [6.45, 7) is 0.714. The first kappa shape index (κ1) is 17.4. The lowest BCUT2D eigenvalue weighted by molar-refractivity contribution is 0.0592. The second-order valence-corrected chi connectivity index (χ2v) is 5.88. The highest BCUT2D eigenvalue weighted by atomic mass is 16.5. The zero-order valence-electron chi connectivity index (χ0n) is 14.0. The second-order valence-electron chi connectivity index (χ2n) is 5.88. The predicted octanol–water partition coefficient (Wildman–Crippen LogP) is 1.18. The number of carbonyl (C=O) groups is 1. The highest BCUT2D eigenvalue weighted by molar-refractivity contribution is 5.93. The maximum absolute atomic E-state index is 12.1. The molecule has 0 amide bonds. The van der Waals surface area contributed by atoms with Crippen molar-refractivity contribution >= 4 is 5.97 Å². The molecule has 2 aromatic carbocycles. The lowest BCUT2D eigenvalue weighted by atomic mass is 9.83. The van der Waals surface area contributed by atoms with Crippen molar-refractivity contribution in [1.29, 1.82) is 0 Å². The number of ether oxygens (including phenoxy) is 2. The third-order valence-corrected chi connectivity index (χ3v) is 4.37. The van der Waals surface area contributed by atoms with Gasteiger partial charge in [-0.25, -0.2) is 4.79 Å². The van der Waals surface area contributed by atoms with E-state index in [0.29, 0.717) is 23.4 Å². The van der Waals surface area contributed by atoms with Crippen molar-refractivity contribution in [3.05, 3.63) is 64.7 Å². The molecule has 0 aromatic heterocycles. The van der Waals surface area contributed by atoms with Crippen LogP contribution < -0.4 is 10.1 Å². The number of carbonyl (C=O) groups excluding carboxylic acids is 1. The number of rotatable bonds is 5. The Hall–Kier alpha value is -2.41. The van der Waals surface area contributed by atoms with Gasteiger partial charge in [0, 0.05) is 18.7 Å². The van der Waals surface area contributed by atoms with Crippen molar-refractivity contribution in [2.75, 3.05) is 26.8 Å². The van der Waals surface area contributed by atoms with Crippen LogP contribution in [0.15, 0.2) is 42.5 Å². The molecule has 0 saturated carbocycles. The third kappa shape index (κ3) is 3.11. The fourth-order valence-electron chi connectivity index (χ4n) is 3.17. The predicted molar refractivity (Wildman–Crippen MR) is 91.5 cm³/mol. The average Bonchev–Trinajstić information content (AvgIpc) is 2.77. The molecule has 1 aliphatic heterocycles. The van der Waals surface area contributed by atoms with Gasteiger partial charge < -0.3 is 25.0 Å². The molecule has 0 aliphatic carbocycles. The molecule has 1 unspecified atom stereocenters. The summed E-state index contributed by atoms with van der Waals surface area (Å²) < 4.78 is 10.7. The van der Waals surface area contributed by atoms with Crippen LogP contribution in [-0.4, -0.2) is 43.0 Å².